The van der Waals surface area contributed by atoms with Crippen molar-refractivity contribution in [2.45, 2.75) is 19.1 Å². The molecule has 0 bridgehead atoms. The number of carbonyl (C=O) groups excluding carboxylic acids is 1. The lowest BCUT2D eigenvalue weighted by Gasteiger charge is -2.22. The summed E-state index contributed by atoms with van der Waals surface area (Å²) in [4.78, 5) is 14.3. The first-order chi connectivity index (χ1) is 13.1. The van der Waals surface area contributed by atoms with Gasteiger partial charge in [-0.05, 0) is 43.4 Å². The van der Waals surface area contributed by atoms with Crippen molar-refractivity contribution in [3.8, 4) is 0 Å². The number of amides is 2. The second-order valence-corrected chi connectivity index (χ2v) is 6.53. The van der Waals surface area contributed by atoms with Crippen LogP contribution in [0.4, 0.5) is 4.79 Å². The highest BCUT2D eigenvalue weighted by Crippen LogP contribution is 2.17. The van der Waals surface area contributed by atoms with Crippen molar-refractivity contribution in [2.24, 2.45) is 0 Å². The second-order valence-electron chi connectivity index (χ2n) is 6.53. The van der Waals surface area contributed by atoms with Gasteiger partial charge in [0.25, 0.3) is 0 Å². The molecule has 0 aliphatic rings. The minimum Gasteiger partial charge on any atom is -0.468 e. The van der Waals surface area contributed by atoms with Crippen molar-refractivity contribution in [3.63, 3.8) is 0 Å². The van der Waals surface area contributed by atoms with E-state index < -0.39 is 0 Å². The summed E-state index contributed by atoms with van der Waals surface area (Å²) < 4.78 is 7.33. The third kappa shape index (κ3) is 5.21. The zero-order valence-corrected chi connectivity index (χ0v) is 15.6. The number of hydrogen-bond acceptors (Lipinski definition) is 4. The molecule has 0 radical (unpaired) electrons. The fraction of sp³-hybridized carbons (Fsp3) is 0.300. The Hall–Kier alpha value is -3.06. The minimum absolute atomic E-state index is 0.0159. The Balaban J connectivity index is 1.53. The van der Waals surface area contributed by atoms with Gasteiger partial charge in [-0.25, -0.2) is 4.79 Å². The molecular formula is C20H25N5O2. The van der Waals surface area contributed by atoms with E-state index in [2.05, 4.69) is 21.8 Å². The number of aromatic nitrogens is 2. The summed E-state index contributed by atoms with van der Waals surface area (Å²) in [6.45, 7) is 1.59. The highest BCUT2D eigenvalue weighted by Gasteiger charge is 2.17. The van der Waals surface area contributed by atoms with Crippen molar-refractivity contribution < 1.29 is 9.21 Å². The molecule has 2 N–H and O–H groups in total. The lowest BCUT2D eigenvalue weighted by molar-refractivity contribution is 0.225. The smallest absolute Gasteiger partial charge is 0.315 e. The lowest BCUT2D eigenvalue weighted by atomic mass is 10.1. The summed E-state index contributed by atoms with van der Waals surface area (Å²) >= 11 is 0. The first-order valence-electron chi connectivity index (χ1n) is 8.89. The maximum absolute atomic E-state index is 12.3. The highest BCUT2D eigenvalue weighted by atomic mass is 16.3. The van der Waals surface area contributed by atoms with E-state index in [1.807, 2.05) is 66.3 Å². The molecule has 1 unspecified atom stereocenters. The zero-order chi connectivity index (χ0) is 19.1. The maximum atomic E-state index is 12.3. The van der Waals surface area contributed by atoms with Gasteiger partial charge in [0.1, 0.15) is 5.76 Å². The van der Waals surface area contributed by atoms with E-state index in [-0.39, 0.29) is 12.1 Å². The van der Waals surface area contributed by atoms with Crippen LogP contribution in [0.15, 0.2) is 65.5 Å². The van der Waals surface area contributed by atoms with Crippen LogP contribution in [0.25, 0.3) is 0 Å². The molecule has 142 valence electrons. The Labute approximate surface area is 159 Å². The number of nitrogens with one attached hydrogen (secondary N) is 2. The fourth-order valence-corrected chi connectivity index (χ4v) is 2.90. The van der Waals surface area contributed by atoms with Gasteiger partial charge in [0.2, 0.25) is 0 Å². The molecule has 0 saturated carbocycles. The quantitative estimate of drug-likeness (QED) is 0.642. The number of furan rings is 1. The summed E-state index contributed by atoms with van der Waals surface area (Å²) in [5, 5.41) is 10.1. The summed E-state index contributed by atoms with van der Waals surface area (Å²) in [6.07, 6.45) is 5.32. The van der Waals surface area contributed by atoms with Gasteiger partial charge in [0.15, 0.2) is 0 Å². The van der Waals surface area contributed by atoms with E-state index >= 15 is 0 Å². The largest absolute Gasteiger partial charge is 0.468 e. The van der Waals surface area contributed by atoms with Crippen LogP contribution in [0.5, 0.6) is 0 Å². The van der Waals surface area contributed by atoms with E-state index in [9.17, 15) is 4.79 Å². The molecule has 3 rings (SSSR count). The van der Waals surface area contributed by atoms with Crippen molar-refractivity contribution in [1.29, 1.82) is 0 Å². The molecule has 7 heteroatoms. The van der Waals surface area contributed by atoms with Crippen LogP contribution in [0.2, 0.25) is 0 Å². The molecule has 2 aromatic heterocycles. The Kier molecular flexibility index (Phi) is 6.27. The molecular weight excluding hydrogens is 342 g/mol. The van der Waals surface area contributed by atoms with E-state index in [1.54, 1.807) is 12.5 Å². The van der Waals surface area contributed by atoms with E-state index in [0.717, 1.165) is 16.9 Å². The van der Waals surface area contributed by atoms with Crippen LogP contribution in [0, 0.1) is 0 Å². The number of urea groups is 1. The highest BCUT2D eigenvalue weighted by molar-refractivity contribution is 5.73. The van der Waals surface area contributed by atoms with Crippen LogP contribution < -0.4 is 10.6 Å². The molecule has 0 aliphatic carbocycles. The number of likely N-dealkylation sites (N-methyl/N-ethyl adjacent to an activating group) is 1. The number of benzene rings is 1. The molecule has 0 spiro atoms. The summed E-state index contributed by atoms with van der Waals surface area (Å²) in [7, 11) is 3.91. The molecule has 2 heterocycles. The first kappa shape index (κ1) is 18.7. The monoisotopic (exact) mass is 367 g/mol. The lowest BCUT2D eigenvalue weighted by Crippen LogP contribution is -2.40. The normalized spacial score (nSPS) is 12.1. The van der Waals surface area contributed by atoms with Crippen molar-refractivity contribution >= 4 is 6.03 Å². The molecule has 0 saturated heterocycles. The predicted molar refractivity (Wildman–Crippen MR) is 103 cm³/mol. The molecule has 1 atom stereocenters. The average Bonchev–Trinajstić information content (AvgIpc) is 3.35. The summed E-state index contributed by atoms with van der Waals surface area (Å²) in [5.41, 5.74) is 2.20. The maximum Gasteiger partial charge on any atom is 0.315 e. The van der Waals surface area contributed by atoms with Gasteiger partial charge in [-0.1, -0.05) is 24.3 Å². The third-order valence-corrected chi connectivity index (χ3v) is 4.40. The molecule has 3 aromatic rings. The average molecular weight is 367 g/mol. The van der Waals surface area contributed by atoms with Gasteiger partial charge < -0.3 is 15.1 Å². The van der Waals surface area contributed by atoms with Crippen LogP contribution in [0.1, 0.15) is 22.9 Å². The Morgan fingerprint density at radius 3 is 2.63 bits per heavy atom. The zero-order valence-electron chi connectivity index (χ0n) is 15.6. The molecule has 0 aliphatic heterocycles. The number of carbonyl (C=O) groups is 1. The molecule has 2 amide bonds. The molecule has 0 fully saturated rings. The Bertz CT molecular complexity index is 828. The molecule has 1 aromatic carbocycles. The van der Waals surface area contributed by atoms with Gasteiger partial charge in [-0.3, -0.25) is 9.58 Å². The minimum atomic E-state index is -0.206. The van der Waals surface area contributed by atoms with Crippen LogP contribution in [0.3, 0.4) is 0 Å². The van der Waals surface area contributed by atoms with Gasteiger partial charge in [-0.2, -0.15) is 5.10 Å². The van der Waals surface area contributed by atoms with Gasteiger partial charge in [0.05, 0.1) is 18.8 Å². The molecule has 7 nitrogen and oxygen atoms in total. The third-order valence-electron chi connectivity index (χ3n) is 4.40. The van der Waals surface area contributed by atoms with Crippen LogP contribution in [-0.2, 0) is 13.1 Å². The van der Waals surface area contributed by atoms with Crippen LogP contribution in [-0.4, -0.2) is 41.4 Å². The van der Waals surface area contributed by atoms with Gasteiger partial charge >= 0.3 is 6.03 Å². The van der Waals surface area contributed by atoms with Crippen molar-refractivity contribution in [2.75, 3.05) is 20.6 Å². The Morgan fingerprint density at radius 2 is 1.96 bits per heavy atom. The number of nitrogens with zero attached hydrogens (tertiary/aromatic N) is 3. The Morgan fingerprint density at radius 1 is 1.15 bits per heavy atom. The summed E-state index contributed by atoms with van der Waals surface area (Å²) in [6, 6.07) is 13.5. The predicted octanol–water partition coefficient (Wildman–Crippen LogP) is 2.63. The van der Waals surface area contributed by atoms with E-state index in [1.165, 1.54) is 0 Å². The number of rotatable bonds is 8. The fourth-order valence-electron chi connectivity index (χ4n) is 2.90. The number of hydrogen-bond donors (Lipinski definition) is 2. The topological polar surface area (TPSA) is 75.3 Å². The standard InChI is InChI=1S/C20H25N5O2/c1-24(2)18(19-9-5-12-27-19)14-22-20(26)21-13-16-7-3-4-8-17(16)15-25-11-6-10-23-25/h3-12,18H,13-15H2,1-2H3,(H2,21,22,26). The van der Waals surface area contributed by atoms with E-state index in [0.29, 0.717) is 19.6 Å². The molecule has 27 heavy (non-hydrogen) atoms. The second kappa shape index (κ2) is 9.05. The van der Waals surface area contributed by atoms with Gasteiger partial charge in [-0.15, -0.1) is 0 Å². The first-order valence-corrected chi connectivity index (χ1v) is 8.89. The van der Waals surface area contributed by atoms with Crippen molar-refractivity contribution in [1.82, 2.24) is 25.3 Å². The van der Waals surface area contributed by atoms with Crippen molar-refractivity contribution in [3.05, 3.63) is 78.0 Å². The van der Waals surface area contributed by atoms with Gasteiger partial charge in [0, 0.05) is 25.5 Å². The van der Waals surface area contributed by atoms with Crippen LogP contribution >= 0.6 is 0 Å². The van der Waals surface area contributed by atoms with E-state index in [4.69, 9.17) is 4.42 Å². The summed E-state index contributed by atoms with van der Waals surface area (Å²) in [5.74, 6) is 0.824. The SMILES string of the molecule is CN(C)C(CNC(=O)NCc1ccccc1Cn1cccn1)c1ccco1.